The average Bonchev–Trinajstić information content (AvgIpc) is 2.87. The molecule has 2 aliphatic heterocycles. The molecule has 2 N–H and O–H groups in total. The second-order valence-corrected chi connectivity index (χ2v) is 6.26. The maximum Gasteiger partial charge on any atom is 0.407 e. The van der Waals surface area contributed by atoms with Gasteiger partial charge in [-0.05, 0) is 31.4 Å². The van der Waals surface area contributed by atoms with Gasteiger partial charge in [0.15, 0.2) is 0 Å². The molecule has 1 unspecified atom stereocenters. The van der Waals surface area contributed by atoms with Gasteiger partial charge in [0.05, 0.1) is 12.5 Å². The van der Waals surface area contributed by atoms with Crippen LogP contribution in [0.2, 0.25) is 0 Å². The van der Waals surface area contributed by atoms with Crippen LogP contribution >= 0.6 is 0 Å². The maximum absolute atomic E-state index is 12.5. The molecule has 1 saturated heterocycles. The third-order valence-corrected chi connectivity index (χ3v) is 4.94. The maximum atomic E-state index is 12.5. The van der Waals surface area contributed by atoms with Crippen molar-refractivity contribution < 1.29 is 19.1 Å². The van der Waals surface area contributed by atoms with Crippen molar-refractivity contribution in [2.24, 2.45) is 0 Å². The minimum Gasteiger partial charge on any atom is -0.453 e. The van der Waals surface area contributed by atoms with Crippen LogP contribution < -0.4 is 10.6 Å². The smallest absolute Gasteiger partial charge is 0.407 e. The van der Waals surface area contributed by atoms with E-state index < -0.39 is 17.6 Å². The number of methoxy groups -OCH3 is 1. The largest absolute Gasteiger partial charge is 0.453 e. The topological polar surface area (TPSA) is 87.7 Å². The summed E-state index contributed by atoms with van der Waals surface area (Å²) < 4.78 is 4.51. The summed E-state index contributed by atoms with van der Waals surface area (Å²) in [6.07, 6.45) is 0.521. The molecule has 1 aromatic rings. The molecular weight excluding hydrogens is 310 g/mol. The van der Waals surface area contributed by atoms with Gasteiger partial charge in [-0.25, -0.2) is 4.79 Å². The van der Waals surface area contributed by atoms with E-state index in [1.54, 1.807) is 11.8 Å². The molecule has 0 aliphatic carbocycles. The second kappa shape index (κ2) is 6.14. The summed E-state index contributed by atoms with van der Waals surface area (Å²) in [6, 6.07) is 7.06. The molecule has 1 spiro atoms. The molecule has 7 heteroatoms. The van der Waals surface area contributed by atoms with Gasteiger partial charge >= 0.3 is 6.09 Å². The van der Waals surface area contributed by atoms with Gasteiger partial charge in [0.1, 0.15) is 6.04 Å². The number of alkyl carbamates (subject to hydrolysis) is 1. The number of benzene rings is 1. The number of para-hydroxylation sites is 1. The molecule has 2 heterocycles. The van der Waals surface area contributed by atoms with Gasteiger partial charge in [-0.1, -0.05) is 18.2 Å². The molecule has 3 rings (SSSR count). The number of fused-ring (bicyclic) bond motifs is 2. The molecule has 128 valence electrons. The molecule has 1 aromatic carbocycles. The number of hydrogen-bond acceptors (Lipinski definition) is 4. The number of carbonyl (C=O) groups excluding carboxylic acids is 3. The molecule has 0 saturated carbocycles. The molecule has 2 aliphatic rings. The molecule has 0 bridgehead atoms. The standard InChI is InChI=1S/C17H21N3O4/c1-11(18-16(23)24-2)14(21)20-9-7-17(8-10-20)12-5-3-4-6-13(12)19-15(17)22/h3-6,11H,7-10H2,1-2H3,(H,18,23)(H,19,22). The van der Waals surface area contributed by atoms with Crippen molar-refractivity contribution in [1.29, 1.82) is 0 Å². The van der Waals surface area contributed by atoms with Crippen LogP contribution in [0.5, 0.6) is 0 Å². The van der Waals surface area contributed by atoms with Crippen molar-refractivity contribution >= 4 is 23.6 Å². The zero-order valence-electron chi connectivity index (χ0n) is 13.8. The quantitative estimate of drug-likeness (QED) is 0.853. The predicted octanol–water partition coefficient (Wildman–Crippen LogP) is 1.24. The van der Waals surface area contributed by atoms with E-state index in [2.05, 4.69) is 15.4 Å². The lowest BCUT2D eigenvalue weighted by molar-refractivity contribution is -0.136. The number of ether oxygens (including phenoxy) is 1. The molecule has 0 radical (unpaired) electrons. The second-order valence-electron chi connectivity index (χ2n) is 6.26. The van der Waals surface area contributed by atoms with E-state index in [1.165, 1.54) is 7.11 Å². The summed E-state index contributed by atoms with van der Waals surface area (Å²) in [7, 11) is 1.26. The Morgan fingerprint density at radius 1 is 1.29 bits per heavy atom. The van der Waals surface area contributed by atoms with Crippen LogP contribution in [-0.4, -0.2) is 49.0 Å². The first-order valence-electron chi connectivity index (χ1n) is 8.02. The number of carbonyl (C=O) groups is 3. The van der Waals surface area contributed by atoms with Gasteiger partial charge in [0, 0.05) is 18.8 Å². The highest BCUT2D eigenvalue weighted by Gasteiger charge is 2.48. The van der Waals surface area contributed by atoms with Crippen molar-refractivity contribution in [1.82, 2.24) is 10.2 Å². The van der Waals surface area contributed by atoms with Gasteiger partial charge in [-0.15, -0.1) is 0 Å². The van der Waals surface area contributed by atoms with Crippen molar-refractivity contribution in [2.45, 2.75) is 31.2 Å². The van der Waals surface area contributed by atoms with E-state index in [0.717, 1.165) is 11.3 Å². The van der Waals surface area contributed by atoms with E-state index >= 15 is 0 Å². The fourth-order valence-electron chi connectivity index (χ4n) is 3.55. The first kappa shape index (κ1) is 16.3. The number of likely N-dealkylation sites (tertiary alicyclic amines) is 1. The van der Waals surface area contributed by atoms with E-state index in [-0.39, 0.29) is 11.8 Å². The van der Waals surface area contributed by atoms with Gasteiger partial charge in [0.25, 0.3) is 0 Å². The van der Waals surface area contributed by atoms with E-state index in [4.69, 9.17) is 0 Å². The lowest BCUT2D eigenvalue weighted by Crippen LogP contribution is -2.53. The molecule has 24 heavy (non-hydrogen) atoms. The highest BCUT2D eigenvalue weighted by molar-refractivity contribution is 6.06. The predicted molar refractivity (Wildman–Crippen MR) is 87.6 cm³/mol. The summed E-state index contributed by atoms with van der Waals surface area (Å²) in [5.74, 6) is -0.154. The minimum atomic E-state index is -0.656. The summed E-state index contributed by atoms with van der Waals surface area (Å²) in [5, 5.41) is 5.42. The average molecular weight is 331 g/mol. The lowest BCUT2D eigenvalue weighted by Gasteiger charge is -2.38. The molecule has 7 nitrogen and oxygen atoms in total. The zero-order valence-corrected chi connectivity index (χ0v) is 13.8. The normalized spacial score (nSPS) is 19.4. The Morgan fingerprint density at radius 3 is 2.62 bits per heavy atom. The number of nitrogens with one attached hydrogen (secondary N) is 2. The Hall–Kier alpha value is -2.57. The Morgan fingerprint density at radius 2 is 1.96 bits per heavy atom. The van der Waals surface area contributed by atoms with Crippen LogP contribution in [0.3, 0.4) is 0 Å². The number of amides is 3. The van der Waals surface area contributed by atoms with Crippen LogP contribution in [0, 0.1) is 0 Å². The summed E-state index contributed by atoms with van der Waals surface area (Å²) in [6.45, 7) is 2.59. The van der Waals surface area contributed by atoms with Crippen LogP contribution in [-0.2, 0) is 19.7 Å². The number of hydrogen-bond donors (Lipinski definition) is 2. The van der Waals surface area contributed by atoms with Crippen molar-refractivity contribution in [3.05, 3.63) is 29.8 Å². The van der Waals surface area contributed by atoms with E-state index in [9.17, 15) is 14.4 Å². The van der Waals surface area contributed by atoms with Gasteiger partial charge in [0.2, 0.25) is 11.8 Å². The summed E-state index contributed by atoms with van der Waals surface area (Å²) in [5.41, 5.74) is 1.33. The Kier molecular flexibility index (Phi) is 4.17. The summed E-state index contributed by atoms with van der Waals surface area (Å²) in [4.78, 5) is 37.9. The third kappa shape index (κ3) is 2.60. The van der Waals surface area contributed by atoms with Crippen LogP contribution in [0.25, 0.3) is 0 Å². The number of piperidine rings is 1. The molecular formula is C17H21N3O4. The molecule has 3 amide bonds. The number of rotatable bonds is 2. The van der Waals surface area contributed by atoms with Gasteiger partial charge in [-0.3, -0.25) is 9.59 Å². The van der Waals surface area contributed by atoms with Crippen LogP contribution in [0.4, 0.5) is 10.5 Å². The summed E-state index contributed by atoms with van der Waals surface area (Å²) >= 11 is 0. The van der Waals surface area contributed by atoms with Crippen molar-refractivity contribution in [3.8, 4) is 0 Å². The van der Waals surface area contributed by atoms with E-state index in [1.807, 2.05) is 24.3 Å². The third-order valence-electron chi connectivity index (χ3n) is 4.94. The van der Waals surface area contributed by atoms with Crippen molar-refractivity contribution in [3.63, 3.8) is 0 Å². The van der Waals surface area contributed by atoms with Crippen LogP contribution in [0.15, 0.2) is 24.3 Å². The molecule has 1 fully saturated rings. The SMILES string of the molecule is COC(=O)NC(C)C(=O)N1CCC2(CC1)C(=O)Nc1ccccc12. The monoisotopic (exact) mass is 331 g/mol. The fourth-order valence-corrected chi connectivity index (χ4v) is 3.55. The van der Waals surface area contributed by atoms with Crippen molar-refractivity contribution in [2.75, 3.05) is 25.5 Å². The van der Waals surface area contributed by atoms with Crippen LogP contribution in [0.1, 0.15) is 25.3 Å². The minimum absolute atomic E-state index is 0.0107. The number of anilines is 1. The highest BCUT2D eigenvalue weighted by Crippen LogP contribution is 2.44. The zero-order chi connectivity index (χ0) is 17.3. The van der Waals surface area contributed by atoms with Gasteiger partial charge in [-0.2, -0.15) is 0 Å². The lowest BCUT2D eigenvalue weighted by atomic mass is 9.73. The Bertz CT molecular complexity index is 680. The first-order valence-corrected chi connectivity index (χ1v) is 8.02. The number of nitrogens with zero attached hydrogens (tertiary/aromatic N) is 1. The van der Waals surface area contributed by atoms with Gasteiger partial charge < -0.3 is 20.3 Å². The Labute approximate surface area is 140 Å². The fraction of sp³-hybridized carbons (Fsp3) is 0.471. The Balaban J connectivity index is 1.69. The first-order chi connectivity index (χ1) is 11.5. The highest BCUT2D eigenvalue weighted by atomic mass is 16.5. The molecule has 0 aromatic heterocycles. The van der Waals surface area contributed by atoms with E-state index in [0.29, 0.717) is 25.9 Å². The molecule has 1 atom stereocenters.